The number of hydrogen-bond donors (Lipinski definition) is 2. The number of piperazine rings is 1. The van der Waals surface area contributed by atoms with Crippen LogP contribution in [0.3, 0.4) is 0 Å². The molecule has 0 amide bonds. The largest absolute Gasteiger partial charge is 0.505 e. The average molecular weight is 327 g/mol. The third kappa shape index (κ3) is 3.21. The Kier molecular flexibility index (Phi) is 4.45. The van der Waals surface area contributed by atoms with Gasteiger partial charge in [-0.15, -0.1) is 11.3 Å². The number of thiophene rings is 1. The normalized spacial score (nSPS) is 17.8. The molecular formula is C15H16ClFN2OS. The van der Waals surface area contributed by atoms with E-state index in [0.717, 1.165) is 41.0 Å². The summed E-state index contributed by atoms with van der Waals surface area (Å²) in [5.41, 5.74) is 0.839. The van der Waals surface area contributed by atoms with E-state index in [-0.39, 0.29) is 11.8 Å². The van der Waals surface area contributed by atoms with E-state index in [4.69, 9.17) is 11.6 Å². The topological polar surface area (TPSA) is 35.5 Å². The van der Waals surface area contributed by atoms with Crippen molar-refractivity contribution in [3.8, 4) is 5.75 Å². The molecule has 112 valence electrons. The van der Waals surface area contributed by atoms with Crippen molar-refractivity contribution in [1.82, 2.24) is 10.2 Å². The number of phenols is 1. The van der Waals surface area contributed by atoms with Crippen LogP contribution in [0, 0.1) is 5.82 Å². The van der Waals surface area contributed by atoms with Gasteiger partial charge in [0.2, 0.25) is 0 Å². The van der Waals surface area contributed by atoms with Crippen LogP contribution < -0.4 is 5.32 Å². The molecule has 3 rings (SSSR count). The summed E-state index contributed by atoms with van der Waals surface area (Å²) in [6.45, 7) is 3.61. The predicted octanol–water partition coefficient (Wildman–Crippen LogP) is 3.24. The molecule has 0 radical (unpaired) electrons. The Morgan fingerprint density at radius 1 is 1.24 bits per heavy atom. The molecule has 21 heavy (non-hydrogen) atoms. The van der Waals surface area contributed by atoms with Crippen LogP contribution in [0.15, 0.2) is 30.3 Å². The van der Waals surface area contributed by atoms with E-state index in [1.807, 2.05) is 12.1 Å². The minimum Gasteiger partial charge on any atom is -0.505 e. The number of hydrogen-bond acceptors (Lipinski definition) is 4. The van der Waals surface area contributed by atoms with Crippen molar-refractivity contribution >= 4 is 22.9 Å². The zero-order chi connectivity index (χ0) is 14.8. The van der Waals surface area contributed by atoms with Crippen molar-refractivity contribution in [1.29, 1.82) is 0 Å². The summed E-state index contributed by atoms with van der Waals surface area (Å²) in [4.78, 5) is 3.40. The Hall–Kier alpha value is -1.14. The van der Waals surface area contributed by atoms with Gasteiger partial charge in [0, 0.05) is 31.1 Å². The molecule has 2 aromatic rings. The van der Waals surface area contributed by atoms with E-state index in [1.165, 1.54) is 23.5 Å². The van der Waals surface area contributed by atoms with Gasteiger partial charge in [0.25, 0.3) is 0 Å². The molecule has 1 saturated heterocycles. The van der Waals surface area contributed by atoms with Gasteiger partial charge in [0.15, 0.2) is 11.6 Å². The Morgan fingerprint density at radius 3 is 2.62 bits per heavy atom. The first-order chi connectivity index (χ1) is 10.1. The highest BCUT2D eigenvalue weighted by molar-refractivity contribution is 7.16. The molecule has 2 N–H and O–H groups in total. The van der Waals surface area contributed by atoms with E-state index in [1.54, 1.807) is 6.07 Å². The second-order valence-electron chi connectivity index (χ2n) is 5.04. The van der Waals surface area contributed by atoms with Crippen LogP contribution in [0.4, 0.5) is 4.39 Å². The van der Waals surface area contributed by atoms with Crippen molar-refractivity contribution in [2.75, 3.05) is 26.2 Å². The maximum Gasteiger partial charge on any atom is 0.165 e. The van der Waals surface area contributed by atoms with Crippen LogP contribution in [-0.2, 0) is 0 Å². The number of nitrogens with zero attached hydrogens (tertiary/aromatic N) is 1. The molecule has 1 aliphatic rings. The number of benzene rings is 1. The lowest BCUT2D eigenvalue weighted by Gasteiger charge is -2.34. The Bertz CT molecular complexity index is 628. The van der Waals surface area contributed by atoms with Crippen molar-refractivity contribution < 1.29 is 9.50 Å². The molecule has 6 heteroatoms. The number of halogens is 2. The summed E-state index contributed by atoms with van der Waals surface area (Å²) >= 11 is 7.57. The van der Waals surface area contributed by atoms with E-state index >= 15 is 0 Å². The number of phenolic OH excluding ortho intramolecular Hbond substituents is 1. The molecule has 2 heterocycles. The van der Waals surface area contributed by atoms with Crippen molar-refractivity contribution in [2.24, 2.45) is 0 Å². The van der Waals surface area contributed by atoms with E-state index in [2.05, 4.69) is 10.2 Å². The maximum atomic E-state index is 13.7. The lowest BCUT2D eigenvalue weighted by Crippen LogP contribution is -2.45. The lowest BCUT2D eigenvalue weighted by molar-refractivity contribution is 0.200. The standard InChI is InChI=1S/C15H16ClFN2OS/c16-14-4-3-13(21-14)15(19-7-5-18-6-8-19)10-1-2-12(20)11(17)9-10/h1-4,9,15,18,20H,5-8H2/t15-/m1/s1. The molecule has 1 aromatic heterocycles. The summed E-state index contributed by atoms with van der Waals surface area (Å²) in [7, 11) is 0. The van der Waals surface area contributed by atoms with Gasteiger partial charge < -0.3 is 10.4 Å². The maximum absolute atomic E-state index is 13.7. The highest BCUT2D eigenvalue weighted by Gasteiger charge is 2.26. The first-order valence-corrected chi connectivity index (χ1v) is 8.03. The molecule has 0 saturated carbocycles. The van der Waals surface area contributed by atoms with Crippen molar-refractivity contribution in [3.63, 3.8) is 0 Å². The molecule has 0 bridgehead atoms. The quantitative estimate of drug-likeness (QED) is 0.909. The molecule has 0 spiro atoms. The van der Waals surface area contributed by atoms with E-state index in [0.29, 0.717) is 0 Å². The third-order valence-corrected chi connectivity index (χ3v) is 4.95. The smallest absolute Gasteiger partial charge is 0.165 e. The predicted molar refractivity (Wildman–Crippen MR) is 83.7 cm³/mol. The van der Waals surface area contributed by atoms with E-state index in [9.17, 15) is 9.50 Å². The van der Waals surface area contributed by atoms with Gasteiger partial charge in [-0.25, -0.2) is 4.39 Å². The number of rotatable bonds is 3. The molecule has 1 aromatic carbocycles. The van der Waals surface area contributed by atoms with Gasteiger partial charge in [0.05, 0.1) is 10.4 Å². The van der Waals surface area contributed by atoms with Crippen molar-refractivity contribution in [2.45, 2.75) is 6.04 Å². The summed E-state index contributed by atoms with van der Waals surface area (Å²) in [6.07, 6.45) is 0. The Balaban J connectivity index is 2.00. The number of aromatic hydroxyl groups is 1. The fourth-order valence-electron chi connectivity index (χ4n) is 2.66. The zero-order valence-corrected chi connectivity index (χ0v) is 12.9. The van der Waals surface area contributed by atoms with Gasteiger partial charge in [-0.1, -0.05) is 17.7 Å². The fourth-order valence-corrected chi connectivity index (χ4v) is 3.89. The van der Waals surface area contributed by atoms with Crippen LogP contribution in [0.1, 0.15) is 16.5 Å². The van der Waals surface area contributed by atoms with Crippen LogP contribution in [0.25, 0.3) is 0 Å². The summed E-state index contributed by atoms with van der Waals surface area (Å²) in [6, 6.07) is 8.43. The summed E-state index contributed by atoms with van der Waals surface area (Å²) < 4.78 is 14.5. The average Bonchev–Trinajstić information content (AvgIpc) is 2.90. The lowest BCUT2D eigenvalue weighted by atomic mass is 10.0. The zero-order valence-electron chi connectivity index (χ0n) is 11.4. The highest BCUT2D eigenvalue weighted by atomic mass is 35.5. The summed E-state index contributed by atoms with van der Waals surface area (Å²) in [5, 5.41) is 12.7. The first kappa shape index (κ1) is 14.8. The van der Waals surface area contributed by atoms with Crippen LogP contribution in [0.5, 0.6) is 5.75 Å². The molecule has 0 aliphatic carbocycles. The van der Waals surface area contributed by atoms with Gasteiger partial charge in [-0.05, 0) is 29.8 Å². The Labute approximate surface area is 132 Å². The molecule has 1 atom stereocenters. The van der Waals surface area contributed by atoms with Gasteiger partial charge >= 0.3 is 0 Å². The van der Waals surface area contributed by atoms with Gasteiger partial charge in [-0.2, -0.15) is 0 Å². The minimum absolute atomic E-state index is 0.0281. The fraction of sp³-hybridized carbons (Fsp3) is 0.333. The van der Waals surface area contributed by atoms with Crippen LogP contribution in [0.2, 0.25) is 4.34 Å². The third-order valence-electron chi connectivity index (χ3n) is 3.67. The molecule has 1 aliphatic heterocycles. The number of nitrogens with one attached hydrogen (secondary N) is 1. The summed E-state index contributed by atoms with van der Waals surface area (Å²) in [5.74, 6) is -0.905. The monoisotopic (exact) mass is 326 g/mol. The SMILES string of the molecule is Oc1ccc([C@H](c2ccc(Cl)s2)N2CCNCC2)cc1F. The molecule has 1 fully saturated rings. The minimum atomic E-state index is -0.588. The van der Waals surface area contributed by atoms with Crippen LogP contribution in [-0.4, -0.2) is 36.2 Å². The van der Waals surface area contributed by atoms with Crippen LogP contribution >= 0.6 is 22.9 Å². The van der Waals surface area contributed by atoms with Gasteiger partial charge in [0.1, 0.15) is 0 Å². The second kappa shape index (κ2) is 6.32. The van der Waals surface area contributed by atoms with E-state index < -0.39 is 5.82 Å². The Morgan fingerprint density at radius 2 is 2.00 bits per heavy atom. The molecular weight excluding hydrogens is 311 g/mol. The van der Waals surface area contributed by atoms with Crippen molar-refractivity contribution in [3.05, 3.63) is 50.9 Å². The molecule has 0 unspecified atom stereocenters. The second-order valence-corrected chi connectivity index (χ2v) is 6.79. The van der Waals surface area contributed by atoms with Gasteiger partial charge in [-0.3, -0.25) is 4.90 Å². The molecule has 3 nitrogen and oxygen atoms in total. The first-order valence-electron chi connectivity index (χ1n) is 6.83. The highest BCUT2D eigenvalue weighted by Crippen LogP contribution is 2.36.